The van der Waals surface area contributed by atoms with Crippen molar-refractivity contribution in [3.8, 4) is 0 Å². The molecule has 102 valence electrons. The molecule has 0 bridgehead atoms. The van der Waals surface area contributed by atoms with E-state index in [1.807, 2.05) is 26.8 Å². The second-order valence-electron chi connectivity index (χ2n) is 5.33. The van der Waals surface area contributed by atoms with Crippen LogP contribution in [-0.4, -0.2) is 11.9 Å². The van der Waals surface area contributed by atoms with E-state index in [9.17, 15) is 4.79 Å². The van der Waals surface area contributed by atoms with E-state index < -0.39 is 6.04 Å². The van der Waals surface area contributed by atoms with E-state index in [0.29, 0.717) is 12.3 Å². The van der Waals surface area contributed by atoms with Crippen molar-refractivity contribution in [3.63, 3.8) is 0 Å². The first-order valence-corrected chi connectivity index (χ1v) is 6.44. The van der Waals surface area contributed by atoms with Crippen LogP contribution in [0.4, 0.5) is 0 Å². The highest BCUT2D eigenvalue weighted by atomic mass is 16.3. The van der Waals surface area contributed by atoms with Crippen molar-refractivity contribution in [3.05, 3.63) is 23.2 Å². The Morgan fingerprint density at radius 3 is 2.44 bits per heavy atom. The molecule has 3 N–H and O–H groups in total. The lowest BCUT2D eigenvalue weighted by molar-refractivity contribution is -0.123. The molecule has 0 fully saturated rings. The van der Waals surface area contributed by atoms with Crippen LogP contribution in [0, 0.1) is 19.8 Å². The van der Waals surface area contributed by atoms with Crippen molar-refractivity contribution >= 4 is 5.91 Å². The van der Waals surface area contributed by atoms with Crippen molar-refractivity contribution in [2.75, 3.05) is 0 Å². The fourth-order valence-electron chi connectivity index (χ4n) is 2.09. The second-order valence-corrected chi connectivity index (χ2v) is 5.33. The van der Waals surface area contributed by atoms with E-state index >= 15 is 0 Å². The number of hydrogen-bond acceptors (Lipinski definition) is 3. The Bertz CT molecular complexity index is 410. The molecule has 18 heavy (non-hydrogen) atoms. The minimum atomic E-state index is -0.444. The predicted molar refractivity (Wildman–Crippen MR) is 72.2 cm³/mol. The van der Waals surface area contributed by atoms with Crippen LogP contribution >= 0.6 is 0 Å². The van der Waals surface area contributed by atoms with Crippen LogP contribution in [0.25, 0.3) is 0 Å². The maximum absolute atomic E-state index is 11.9. The summed E-state index contributed by atoms with van der Waals surface area (Å²) in [5, 5.41) is 2.93. The molecular formula is C14H24N2O2. The van der Waals surface area contributed by atoms with Crippen LogP contribution in [0.3, 0.4) is 0 Å². The normalized spacial score (nSPS) is 14.6. The van der Waals surface area contributed by atoms with E-state index in [1.54, 1.807) is 0 Å². The smallest absolute Gasteiger partial charge is 0.237 e. The zero-order valence-electron chi connectivity index (χ0n) is 11.9. The molecule has 0 aliphatic carbocycles. The number of nitrogens with two attached hydrogens (primary N) is 1. The van der Waals surface area contributed by atoms with Crippen LogP contribution in [0.15, 0.2) is 10.5 Å². The quantitative estimate of drug-likeness (QED) is 0.845. The molecule has 0 radical (unpaired) electrons. The molecule has 0 aromatic carbocycles. The topological polar surface area (TPSA) is 68.3 Å². The third-order valence-corrected chi connectivity index (χ3v) is 2.97. The molecule has 0 aliphatic rings. The van der Waals surface area contributed by atoms with E-state index in [-0.39, 0.29) is 11.9 Å². The standard InChI is InChI=1S/C14H24N2O2/c1-8(2)6-13(15)14(17)16-10(4)12-7-9(3)18-11(12)5/h7-8,10,13H,6,15H2,1-5H3,(H,16,17). The van der Waals surface area contributed by atoms with Crippen molar-refractivity contribution in [2.45, 2.75) is 53.1 Å². The third-order valence-electron chi connectivity index (χ3n) is 2.97. The molecule has 1 rings (SSSR count). The van der Waals surface area contributed by atoms with Crippen molar-refractivity contribution < 1.29 is 9.21 Å². The SMILES string of the molecule is Cc1cc(C(C)NC(=O)C(N)CC(C)C)c(C)o1. The molecule has 4 heteroatoms. The molecule has 4 nitrogen and oxygen atoms in total. The third kappa shape index (κ3) is 3.88. The van der Waals surface area contributed by atoms with Gasteiger partial charge in [-0.2, -0.15) is 0 Å². The van der Waals surface area contributed by atoms with Crippen LogP contribution < -0.4 is 11.1 Å². The zero-order chi connectivity index (χ0) is 13.9. The Morgan fingerprint density at radius 1 is 1.39 bits per heavy atom. The van der Waals surface area contributed by atoms with E-state index in [1.165, 1.54) is 0 Å². The van der Waals surface area contributed by atoms with Crippen LogP contribution in [-0.2, 0) is 4.79 Å². The second kappa shape index (κ2) is 6.05. The van der Waals surface area contributed by atoms with Gasteiger partial charge in [0.2, 0.25) is 5.91 Å². The van der Waals surface area contributed by atoms with Gasteiger partial charge in [-0.15, -0.1) is 0 Å². The van der Waals surface area contributed by atoms with Gasteiger partial charge in [-0.1, -0.05) is 13.8 Å². The lowest BCUT2D eigenvalue weighted by Crippen LogP contribution is -2.42. The average molecular weight is 252 g/mol. The number of carbonyl (C=O) groups excluding carboxylic acids is 1. The van der Waals surface area contributed by atoms with Gasteiger partial charge in [0.25, 0.3) is 0 Å². The Labute approximate surface area is 109 Å². The molecule has 0 aliphatic heterocycles. The summed E-state index contributed by atoms with van der Waals surface area (Å²) in [5.74, 6) is 2.02. The minimum Gasteiger partial charge on any atom is -0.466 e. The van der Waals surface area contributed by atoms with Gasteiger partial charge in [0.05, 0.1) is 12.1 Å². The Balaban J connectivity index is 2.62. The number of furan rings is 1. The number of hydrogen-bond donors (Lipinski definition) is 2. The largest absolute Gasteiger partial charge is 0.466 e. The van der Waals surface area contributed by atoms with Gasteiger partial charge in [0.15, 0.2) is 0 Å². The highest BCUT2D eigenvalue weighted by molar-refractivity contribution is 5.81. The van der Waals surface area contributed by atoms with Crippen molar-refractivity contribution in [1.82, 2.24) is 5.32 Å². The first-order valence-electron chi connectivity index (χ1n) is 6.44. The van der Waals surface area contributed by atoms with Gasteiger partial charge < -0.3 is 15.5 Å². The average Bonchev–Trinajstić information content (AvgIpc) is 2.56. The number of aryl methyl sites for hydroxylation is 2. The fraction of sp³-hybridized carbons (Fsp3) is 0.643. The fourth-order valence-corrected chi connectivity index (χ4v) is 2.09. The Kier molecular flexibility index (Phi) is 4.96. The summed E-state index contributed by atoms with van der Waals surface area (Å²) in [6, 6.07) is 1.43. The minimum absolute atomic E-state index is 0.0758. The molecule has 1 heterocycles. The molecule has 1 amide bonds. The molecule has 1 aromatic rings. The highest BCUT2D eigenvalue weighted by Crippen LogP contribution is 2.21. The van der Waals surface area contributed by atoms with E-state index in [2.05, 4.69) is 19.2 Å². The summed E-state index contributed by atoms with van der Waals surface area (Å²) in [5.41, 5.74) is 6.86. The van der Waals surface area contributed by atoms with Crippen LogP contribution in [0.2, 0.25) is 0 Å². The molecule has 2 unspecified atom stereocenters. The molecular weight excluding hydrogens is 228 g/mol. The summed E-state index contributed by atoms with van der Waals surface area (Å²) in [6.45, 7) is 9.85. The van der Waals surface area contributed by atoms with Gasteiger partial charge in [0.1, 0.15) is 11.5 Å². The van der Waals surface area contributed by atoms with Crippen molar-refractivity contribution in [2.24, 2.45) is 11.7 Å². The molecule has 1 aromatic heterocycles. The lowest BCUT2D eigenvalue weighted by Gasteiger charge is -2.18. The number of amides is 1. The highest BCUT2D eigenvalue weighted by Gasteiger charge is 2.19. The maximum atomic E-state index is 11.9. The summed E-state index contributed by atoms with van der Waals surface area (Å²) in [4.78, 5) is 11.9. The summed E-state index contributed by atoms with van der Waals surface area (Å²) in [7, 11) is 0. The lowest BCUT2D eigenvalue weighted by atomic mass is 10.0. The van der Waals surface area contributed by atoms with Gasteiger partial charge in [0, 0.05) is 5.56 Å². The van der Waals surface area contributed by atoms with Gasteiger partial charge >= 0.3 is 0 Å². The molecule has 0 saturated heterocycles. The van der Waals surface area contributed by atoms with E-state index in [4.69, 9.17) is 10.2 Å². The molecule has 0 spiro atoms. The Hall–Kier alpha value is -1.29. The van der Waals surface area contributed by atoms with Crippen LogP contribution in [0.1, 0.15) is 50.3 Å². The van der Waals surface area contributed by atoms with Gasteiger partial charge in [-0.25, -0.2) is 0 Å². The maximum Gasteiger partial charge on any atom is 0.237 e. The summed E-state index contributed by atoms with van der Waals surface area (Å²) >= 11 is 0. The van der Waals surface area contributed by atoms with Gasteiger partial charge in [-0.3, -0.25) is 4.79 Å². The predicted octanol–water partition coefficient (Wildman–Crippen LogP) is 2.45. The summed E-state index contributed by atoms with van der Waals surface area (Å²) in [6.07, 6.45) is 0.696. The first kappa shape index (κ1) is 14.8. The number of nitrogens with one attached hydrogen (secondary N) is 1. The van der Waals surface area contributed by atoms with Crippen molar-refractivity contribution in [1.29, 1.82) is 0 Å². The Morgan fingerprint density at radius 2 is 2.00 bits per heavy atom. The van der Waals surface area contributed by atoms with E-state index in [0.717, 1.165) is 17.1 Å². The number of rotatable bonds is 5. The summed E-state index contributed by atoms with van der Waals surface area (Å²) < 4.78 is 5.46. The monoisotopic (exact) mass is 252 g/mol. The molecule has 0 saturated carbocycles. The molecule has 2 atom stereocenters. The zero-order valence-corrected chi connectivity index (χ0v) is 11.9. The first-order chi connectivity index (χ1) is 8.31. The van der Waals surface area contributed by atoms with Gasteiger partial charge in [-0.05, 0) is 39.2 Å². The number of carbonyl (C=O) groups is 1. The van der Waals surface area contributed by atoms with Crippen LogP contribution in [0.5, 0.6) is 0 Å².